The van der Waals surface area contributed by atoms with Crippen LogP contribution >= 0.6 is 0 Å². The van der Waals surface area contributed by atoms with Gasteiger partial charge in [-0.2, -0.15) is 0 Å². The van der Waals surface area contributed by atoms with Crippen LogP contribution in [0.5, 0.6) is 0 Å². The fraction of sp³-hybridized carbons (Fsp3) is 0.867. The Morgan fingerprint density at radius 3 is 2.55 bits per heavy atom. The second-order valence-electron chi connectivity index (χ2n) is 6.91. The summed E-state index contributed by atoms with van der Waals surface area (Å²) in [5, 5.41) is 19.3. The minimum Gasteiger partial charge on any atom is -0.465 e. The van der Waals surface area contributed by atoms with Crippen LogP contribution in [0.3, 0.4) is 0 Å². The molecule has 0 radical (unpaired) electrons. The molecule has 1 saturated carbocycles. The summed E-state index contributed by atoms with van der Waals surface area (Å²) in [5.41, 5.74) is 0.202. The molecular formula is C15H25N3O4. The minimum absolute atomic E-state index is 0.120. The Morgan fingerprint density at radius 2 is 1.95 bits per heavy atom. The van der Waals surface area contributed by atoms with Gasteiger partial charge in [0, 0.05) is 32.7 Å². The Kier molecular flexibility index (Phi) is 4.03. The molecule has 2 saturated heterocycles. The monoisotopic (exact) mass is 311 g/mol. The van der Waals surface area contributed by atoms with Crippen LogP contribution in [0.1, 0.15) is 26.2 Å². The van der Waals surface area contributed by atoms with Crippen molar-refractivity contribution in [2.75, 3.05) is 39.3 Å². The molecule has 1 aliphatic carbocycles. The van der Waals surface area contributed by atoms with Gasteiger partial charge >= 0.3 is 6.09 Å². The highest BCUT2D eigenvalue weighted by Gasteiger charge is 2.51. The first-order chi connectivity index (χ1) is 10.4. The number of amides is 2. The SMILES string of the molecule is CC1C(=O)N(CCN2CCC3(CC3)C(O)C2)CCN1C(=O)O. The first-order valence-corrected chi connectivity index (χ1v) is 8.12. The molecule has 2 aliphatic heterocycles. The third-order valence-electron chi connectivity index (χ3n) is 5.64. The van der Waals surface area contributed by atoms with Gasteiger partial charge in [-0.1, -0.05) is 0 Å². The number of β-amino-alcohol motifs (C(OH)–C–C–N with tert-alkyl or cyclic N) is 1. The van der Waals surface area contributed by atoms with Gasteiger partial charge in [-0.25, -0.2) is 4.79 Å². The second-order valence-corrected chi connectivity index (χ2v) is 6.91. The zero-order valence-corrected chi connectivity index (χ0v) is 13.1. The average molecular weight is 311 g/mol. The van der Waals surface area contributed by atoms with Crippen molar-refractivity contribution in [1.82, 2.24) is 14.7 Å². The second kappa shape index (κ2) is 5.70. The van der Waals surface area contributed by atoms with Crippen LogP contribution in [0.15, 0.2) is 0 Å². The van der Waals surface area contributed by atoms with E-state index in [0.29, 0.717) is 26.2 Å². The molecule has 0 aromatic carbocycles. The van der Waals surface area contributed by atoms with Crippen LogP contribution in [0.2, 0.25) is 0 Å². The van der Waals surface area contributed by atoms with Crippen LogP contribution in [-0.2, 0) is 4.79 Å². The molecule has 2 atom stereocenters. The molecule has 2 unspecified atom stereocenters. The summed E-state index contributed by atoms with van der Waals surface area (Å²) in [6.07, 6.45) is 2.07. The van der Waals surface area contributed by atoms with E-state index in [-0.39, 0.29) is 17.4 Å². The lowest BCUT2D eigenvalue weighted by Crippen LogP contribution is -2.58. The summed E-state index contributed by atoms with van der Waals surface area (Å²) < 4.78 is 0. The van der Waals surface area contributed by atoms with Crippen LogP contribution in [0, 0.1) is 5.41 Å². The van der Waals surface area contributed by atoms with Gasteiger partial charge in [-0.05, 0) is 38.1 Å². The number of rotatable bonds is 3. The van der Waals surface area contributed by atoms with Crippen molar-refractivity contribution in [2.24, 2.45) is 5.41 Å². The summed E-state index contributed by atoms with van der Waals surface area (Å²) >= 11 is 0. The summed E-state index contributed by atoms with van der Waals surface area (Å²) in [7, 11) is 0. The number of hydrogen-bond acceptors (Lipinski definition) is 4. The maximum atomic E-state index is 12.2. The number of hydrogen-bond donors (Lipinski definition) is 2. The first kappa shape index (κ1) is 15.6. The Hall–Kier alpha value is -1.34. The zero-order valence-electron chi connectivity index (χ0n) is 13.1. The van der Waals surface area contributed by atoms with Crippen molar-refractivity contribution in [3.8, 4) is 0 Å². The van der Waals surface area contributed by atoms with Gasteiger partial charge in [0.2, 0.25) is 5.91 Å². The highest BCUT2D eigenvalue weighted by atomic mass is 16.4. The maximum absolute atomic E-state index is 12.2. The molecular weight excluding hydrogens is 286 g/mol. The lowest BCUT2D eigenvalue weighted by Gasteiger charge is -2.40. The van der Waals surface area contributed by atoms with Crippen molar-refractivity contribution < 1.29 is 19.8 Å². The molecule has 3 aliphatic rings. The molecule has 0 bridgehead atoms. The standard InChI is InChI=1S/C15H25N3O4/c1-11-13(20)17(8-9-18(11)14(21)22)7-6-16-5-4-15(2-3-15)12(19)10-16/h11-12,19H,2-10H2,1H3,(H,21,22). The van der Waals surface area contributed by atoms with Gasteiger partial charge < -0.3 is 15.1 Å². The van der Waals surface area contributed by atoms with E-state index in [1.165, 1.54) is 4.90 Å². The van der Waals surface area contributed by atoms with E-state index < -0.39 is 12.1 Å². The predicted octanol–water partition coefficient (Wildman–Crippen LogP) is 0.0439. The molecule has 2 amide bonds. The van der Waals surface area contributed by atoms with Crippen LogP contribution in [0.4, 0.5) is 4.79 Å². The van der Waals surface area contributed by atoms with Crippen LogP contribution < -0.4 is 0 Å². The molecule has 7 heteroatoms. The number of piperidine rings is 1. The lowest BCUT2D eigenvalue weighted by atomic mass is 9.90. The van der Waals surface area contributed by atoms with Crippen molar-refractivity contribution in [3.63, 3.8) is 0 Å². The summed E-state index contributed by atoms with van der Waals surface area (Å²) in [5.74, 6) is -0.120. The van der Waals surface area contributed by atoms with E-state index in [1.807, 2.05) is 0 Å². The van der Waals surface area contributed by atoms with Gasteiger partial charge in [0.05, 0.1) is 6.10 Å². The Balaban J connectivity index is 1.48. The quantitative estimate of drug-likeness (QED) is 0.769. The van der Waals surface area contributed by atoms with Crippen molar-refractivity contribution >= 4 is 12.0 Å². The molecule has 3 rings (SSSR count). The molecule has 3 fully saturated rings. The molecule has 7 nitrogen and oxygen atoms in total. The molecule has 2 N–H and O–H groups in total. The van der Waals surface area contributed by atoms with Crippen molar-refractivity contribution in [3.05, 3.63) is 0 Å². The van der Waals surface area contributed by atoms with E-state index in [0.717, 1.165) is 32.4 Å². The van der Waals surface area contributed by atoms with Crippen molar-refractivity contribution in [2.45, 2.75) is 38.3 Å². The smallest absolute Gasteiger partial charge is 0.408 e. The predicted molar refractivity (Wildman–Crippen MR) is 79.5 cm³/mol. The summed E-state index contributed by atoms with van der Waals surface area (Å²) in [6.45, 7) is 5.50. The largest absolute Gasteiger partial charge is 0.465 e. The Bertz CT molecular complexity index is 466. The average Bonchev–Trinajstić information content (AvgIpc) is 3.25. The number of carbonyl (C=O) groups excluding carboxylic acids is 1. The number of aliphatic hydroxyl groups excluding tert-OH is 1. The fourth-order valence-corrected chi connectivity index (χ4v) is 3.70. The van der Waals surface area contributed by atoms with Gasteiger partial charge in [0.15, 0.2) is 0 Å². The number of piperazine rings is 1. The maximum Gasteiger partial charge on any atom is 0.408 e. The molecule has 2 heterocycles. The summed E-state index contributed by atoms with van der Waals surface area (Å²) in [6, 6.07) is -0.604. The van der Waals surface area contributed by atoms with E-state index in [2.05, 4.69) is 4.90 Å². The van der Waals surface area contributed by atoms with E-state index >= 15 is 0 Å². The van der Waals surface area contributed by atoms with Gasteiger partial charge in [0.25, 0.3) is 0 Å². The number of carboxylic acid groups (broad SMARTS) is 1. The number of nitrogens with zero attached hydrogens (tertiary/aromatic N) is 3. The minimum atomic E-state index is -1.03. The fourth-order valence-electron chi connectivity index (χ4n) is 3.70. The molecule has 1 spiro atoms. The zero-order chi connectivity index (χ0) is 15.9. The molecule has 22 heavy (non-hydrogen) atoms. The summed E-state index contributed by atoms with van der Waals surface area (Å²) in [4.78, 5) is 28.4. The van der Waals surface area contributed by atoms with E-state index in [9.17, 15) is 14.7 Å². The molecule has 0 aromatic rings. The van der Waals surface area contributed by atoms with Crippen molar-refractivity contribution in [1.29, 1.82) is 0 Å². The number of carbonyl (C=O) groups is 2. The van der Waals surface area contributed by atoms with Gasteiger partial charge in [0.1, 0.15) is 6.04 Å². The van der Waals surface area contributed by atoms with Crippen LogP contribution in [-0.4, -0.2) is 88.3 Å². The first-order valence-electron chi connectivity index (χ1n) is 8.12. The Labute approximate surface area is 130 Å². The van der Waals surface area contributed by atoms with Gasteiger partial charge in [-0.15, -0.1) is 0 Å². The Morgan fingerprint density at radius 1 is 1.23 bits per heavy atom. The topological polar surface area (TPSA) is 84.3 Å². The molecule has 124 valence electrons. The van der Waals surface area contributed by atoms with Crippen LogP contribution in [0.25, 0.3) is 0 Å². The number of likely N-dealkylation sites (tertiary alicyclic amines) is 1. The third-order valence-corrected chi connectivity index (χ3v) is 5.64. The third kappa shape index (κ3) is 2.79. The highest BCUT2D eigenvalue weighted by molar-refractivity contribution is 5.86. The van der Waals surface area contributed by atoms with E-state index in [1.54, 1.807) is 11.8 Å². The molecule has 0 aromatic heterocycles. The highest BCUT2D eigenvalue weighted by Crippen LogP contribution is 2.53. The van der Waals surface area contributed by atoms with Gasteiger partial charge in [-0.3, -0.25) is 14.6 Å². The normalized spacial score (nSPS) is 31.6. The lowest BCUT2D eigenvalue weighted by molar-refractivity contribution is -0.140. The van der Waals surface area contributed by atoms with E-state index in [4.69, 9.17) is 5.11 Å². The number of aliphatic hydroxyl groups is 1.